The summed E-state index contributed by atoms with van der Waals surface area (Å²) in [6.45, 7) is -0.0435. The number of para-hydroxylation sites is 1. The van der Waals surface area contributed by atoms with Crippen LogP contribution in [0, 0.1) is 5.92 Å². The molecule has 2 rings (SSSR count). The van der Waals surface area contributed by atoms with E-state index in [0.29, 0.717) is 12.3 Å². The monoisotopic (exact) mass is 231 g/mol. The number of carbonyl (C=O) groups is 1. The van der Waals surface area contributed by atoms with Crippen LogP contribution in [0.5, 0.6) is 0 Å². The lowest BCUT2D eigenvalue weighted by Gasteiger charge is -2.11. The standard InChI is InChI=1S/C13H15N2O2/c1-14-13(17)10(6-7-16)12-8-9-4-2-3-5-11(9)15-12/h2-5,8,15-16H,6-7H2,1H3,(H,14,17). The largest absolute Gasteiger partial charge is 0.396 e. The van der Waals surface area contributed by atoms with Crippen LogP contribution in [0.3, 0.4) is 0 Å². The second-order valence-corrected chi connectivity index (χ2v) is 3.80. The van der Waals surface area contributed by atoms with Crippen LogP contribution in [0.25, 0.3) is 10.9 Å². The van der Waals surface area contributed by atoms with Crippen molar-refractivity contribution in [2.75, 3.05) is 13.7 Å². The lowest BCUT2D eigenvalue weighted by atomic mass is 10.0. The number of hydrogen-bond donors (Lipinski definition) is 3. The van der Waals surface area contributed by atoms with E-state index in [-0.39, 0.29) is 12.5 Å². The molecule has 1 aromatic carbocycles. The number of rotatable bonds is 4. The summed E-state index contributed by atoms with van der Waals surface area (Å²) in [5.41, 5.74) is 1.75. The number of carbonyl (C=O) groups excluding carboxylic acids is 1. The highest BCUT2D eigenvalue weighted by Crippen LogP contribution is 2.23. The van der Waals surface area contributed by atoms with Crippen LogP contribution in [0.2, 0.25) is 0 Å². The maximum Gasteiger partial charge on any atom is 0.233 e. The van der Waals surface area contributed by atoms with Gasteiger partial charge < -0.3 is 15.4 Å². The third kappa shape index (κ3) is 2.31. The number of aromatic amines is 1. The highest BCUT2D eigenvalue weighted by Gasteiger charge is 2.21. The van der Waals surface area contributed by atoms with Gasteiger partial charge in [0.05, 0.1) is 0 Å². The van der Waals surface area contributed by atoms with E-state index in [4.69, 9.17) is 5.11 Å². The molecular formula is C13H15N2O2. The molecule has 0 fully saturated rings. The highest BCUT2D eigenvalue weighted by molar-refractivity contribution is 5.95. The summed E-state index contributed by atoms with van der Waals surface area (Å²) in [6, 6.07) is 9.75. The fraction of sp³-hybridized carbons (Fsp3) is 0.231. The van der Waals surface area contributed by atoms with Crippen molar-refractivity contribution in [2.45, 2.75) is 6.42 Å². The van der Waals surface area contributed by atoms with Crippen molar-refractivity contribution < 1.29 is 9.90 Å². The van der Waals surface area contributed by atoms with Crippen LogP contribution in [0.1, 0.15) is 12.1 Å². The summed E-state index contributed by atoms with van der Waals surface area (Å²) < 4.78 is 0. The summed E-state index contributed by atoms with van der Waals surface area (Å²) in [5, 5.41) is 12.6. The van der Waals surface area contributed by atoms with Gasteiger partial charge in [0.2, 0.25) is 5.91 Å². The van der Waals surface area contributed by atoms with Crippen molar-refractivity contribution in [3.63, 3.8) is 0 Å². The number of aromatic nitrogens is 1. The predicted octanol–water partition coefficient (Wildman–Crippen LogP) is 1.22. The van der Waals surface area contributed by atoms with Crippen LogP contribution >= 0.6 is 0 Å². The van der Waals surface area contributed by atoms with Gasteiger partial charge in [0.25, 0.3) is 0 Å². The summed E-state index contributed by atoms with van der Waals surface area (Å²) in [5.74, 6) is 0.414. The molecule has 89 valence electrons. The van der Waals surface area contributed by atoms with E-state index in [9.17, 15) is 4.79 Å². The summed E-state index contributed by atoms with van der Waals surface area (Å²) in [6.07, 6.45) is 0.340. The Labute approximate surface area is 99.7 Å². The summed E-state index contributed by atoms with van der Waals surface area (Å²) >= 11 is 0. The van der Waals surface area contributed by atoms with Gasteiger partial charge in [0, 0.05) is 24.9 Å². The van der Waals surface area contributed by atoms with Gasteiger partial charge in [0.1, 0.15) is 5.92 Å². The van der Waals surface area contributed by atoms with E-state index in [1.165, 1.54) is 0 Å². The van der Waals surface area contributed by atoms with Crippen molar-refractivity contribution in [3.05, 3.63) is 41.9 Å². The lowest BCUT2D eigenvalue weighted by Crippen LogP contribution is -2.27. The zero-order chi connectivity index (χ0) is 12.3. The Morgan fingerprint density at radius 1 is 1.41 bits per heavy atom. The van der Waals surface area contributed by atoms with Gasteiger partial charge in [-0.15, -0.1) is 0 Å². The zero-order valence-corrected chi connectivity index (χ0v) is 9.66. The maximum absolute atomic E-state index is 11.7. The molecule has 1 radical (unpaired) electrons. The Morgan fingerprint density at radius 2 is 2.18 bits per heavy atom. The first-order valence-corrected chi connectivity index (χ1v) is 5.53. The number of nitrogens with one attached hydrogen (secondary N) is 2. The number of benzene rings is 1. The van der Waals surface area contributed by atoms with Gasteiger partial charge in [-0.3, -0.25) is 4.79 Å². The highest BCUT2D eigenvalue weighted by atomic mass is 16.3. The van der Waals surface area contributed by atoms with Gasteiger partial charge in [-0.1, -0.05) is 18.2 Å². The van der Waals surface area contributed by atoms with Crippen LogP contribution in [0.15, 0.2) is 30.3 Å². The molecular weight excluding hydrogens is 216 g/mol. The third-order valence-corrected chi connectivity index (χ3v) is 2.72. The molecule has 4 nitrogen and oxygen atoms in total. The minimum atomic E-state index is -0.161. The molecule has 1 amide bonds. The quantitative estimate of drug-likeness (QED) is 0.740. The van der Waals surface area contributed by atoms with E-state index in [0.717, 1.165) is 16.6 Å². The van der Waals surface area contributed by atoms with Crippen LogP contribution < -0.4 is 5.32 Å². The molecule has 1 heterocycles. The van der Waals surface area contributed by atoms with Gasteiger partial charge in [-0.05, 0) is 23.9 Å². The molecule has 17 heavy (non-hydrogen) atoms. The predicted molar refractivity (Wildman–Crippen MR) is 66.4 cm³/mol. The first-order valence-electron chi connectivity index (χ1n) is 5.53. The Hall–Kier alpha value is -1.81. The first-order chi connectivity index (χ1) is 8.26. The summed E-state index contributed by atoms with van der Waals surface area (Å²) in [7, 11) is 1.59. The molecule has 0 saturated heterocycles. The molecule has 0 saturated carbocycles. The van der Waals surface area contributed by atoms with E-state index in [1.807, 2.05) is 30.3 Å². The second-order valence-electron chi connectivity index (χ2n) is 3.80. The third-order valence-electron chi connectivity index (χ3n) is 2.72. The molecule has 0 aliphatic carbocycles. The Bertz CT molecular complexity index is 486. The van der Waals surface area contributed by atoms with E-state index in [2.05, 4.69) is 10.3 Å². The number of amides is 1. The zero-order valence-electron chi connectivity index (χ0n) is 9.66. The van der Waals surface area contributed by atoms with Crippen molar-refractivity contribution in [1.29, 1.82) is 0 Å². The van der Waals surface area contributed by atoms with Crippen LogP contribution in [-0.4, -0.2) is 29.7 Å². The van der Waals surface area contributed by atoms with Crippen molar-refractivity contribution >= 4 is 16.8 Å². The van der Waals surface area contributed by atoms with Gasteiger partial charge in [-0.2, -0.15) is 0 Å². The van der Waals surface area contributed by atoms with Crippen LogP contribution in [-0.2, 0) is 4.79 Å². The molecule has 0 aliphatic rings. The Kier molecular flexibility index (Phi) is 3.44. The SMILES string of the molecule is CNC(=O)[C](CCO)c1cc2ccccc2[nH]1. The van der Waals surface area contributed by atoms with E-state index >= 15 is 0 Å². The maximum atomic E-state index is 11.7. The van der Waals surface area contributed by atoms with Crippen molar-refractivity contribution in [1.82, 2.24) is 10.3 Å². The Morgan fingerprint density at radius 3 is 2.82 bits per heavy atom. The number of likely N-dealkylation sites (N-methyl/N-ethyl adjacent to an activating group) is 1. The summed E-state index contributed by atoms with van der Waals surface area (Å²) in [4.78, 5) is 14.9. The number of fused-ring (bicyclic) bond motifs is 1. The van der Waals surface area contributed by atoms with Gasteiger partial charge in [0.15, 0.2) is 0 Å². The average Bonchev–Trinajstić information content (AvgIpc) is 2.78. The molecule has 0 bridgehead atoms. The fourth-order valence-electron chi connectivity index (χ4n) is 1.87. The Balaban J connectivity index is 2.38. The minimum absolute atomic E-state index is 0.0435. The first kappa shape index (κ1) is 11.7. The fourth-order valence-corrected chi connectivity index (χ4v) is 1.87. The second kappa shape index (κ2) is 5.01. The number of aliphatic hydroxyl groups excluding tert-OH is 1. The van der Waals surface area contributed by atoms with E-state index in [1.54, 1.807) is 7.05 Å². The van der Waals surface area contributed by atoms with Gasteiger partial charge >= 0.3 is 0 Å². The number of aliphatic hydroxyl groups is 1. The lowest BCUT2D eigenvalue weighted by molar-refractivity contribution is -0.118. The molecule has 2 aromatic rings. The van der Waals surface area contributed by atoms with E-state index < -0.39 is 0 Å². The van der Waals surface area contributed by atoms with Crippen molar-refractivity contribution in [3.8, 4) is 0 Å². The topological polar surface area (TPSA) is 65.1 Å². The minimum Gasteiger partial charge on any atom is -0.396 e. The number of H-pyrrole nitrogens is 1. The van der Waals surface area contributed by atoms with Gasteiger partial charge in [-0.25, -0.2) is 0 Å². The molecule has 0 unspecified atom stereocenters. The molecule has 1 aromatic heterocycles. The molecule has 4 heteroatoms. The number of hydrogen-bond acceptors (Lipinski definition) is 2. The molecule has 3 N–H and O–H groups in total. The smallest absolute Gasteiger partial charge is 0.233 e. The normalized spacial score (nSPS) is 11.0. The molecule has 0 aliphatic heterocycles. The van der Waals surface area contributed by atoms with Crippen molar-refractivity contribution in [2.24, 2.45) is 0 Å². The van der Waals surface area contributed by atoms with Crippen LogP contribution in [0.4, 0.5) is 0 Å². The average molecular weight is 231 g/mol. The molecule has 0 spiro atoms. The molecule has 0 atom stereocenters.